The molecule has 0 aliphatic rings. The van der Waals surface area contributed by atoms with Crippen molar-refractivity contribution in [3.05, 3.63) is 87.0 Å². The Balaban J connectivity index is 1.53. The van der Waals surface area contributed by atoms with E-state index in [0.29, 0.717) is 38.2 Å². The SMILES string of the molecule is Cc1cc(C)c2[nH]c(=O)c(CN(CCCO)Cc3nnnn3CCc3ccccc3)cc2c1. The number of aliphatic hydroxyl groups is 1. The van der Waals surface area contributed by atoms with Crippen molar-refractivity contribution in [2.24, 2.45) is 0 Å². The standard InChI is InChI=1S/C25H30N6O2/c1-18-13-19(2)24-21(14-18)15-22(25(33)26-24)16-30(10-6-12-32)17-23-27-28-29-31(23)11-9-20-7-4-3-5-8-20/h3-5,7-8,13-15,32H,6,9-12,16-17H2,1-2H3,(H,26,33). The number of H-pyrrole nitrogens is 1. The molecule has 0 unspecified atom stereocenters. The van der Waals surface area contributed by atoms with Crippen molar-refractivity contribution in [2.75, 3.05) is 13.2 Å². The van der Waals surface area contributed by atoms with Crippen LogP contribution in [0.25, 0.3) is 10.9 Å². The molecule has 0 atom stereocenters. The van der Waals surface area contributed by atoms with E-state index in [1.165, 1.54) is 5.56 Å². The predicted octanol–water partition coefficient (Wildman–Crippen LogP) is 2.76. The second-order valence-corrected chi connectivity index (χ2v) is 8.51. The van der Waals surface area contributed by atoms with Gasteiger partial charge in [0, 0.05) is 31.8 Å². The number of aryl methyl sites for hydroxylation is 4. The van der Waals surface area contributed by atoms with Crippen LogP contribution in [0, 0.1) is 13.8 Å². The minimum Gasteiger partial charge on any atom is -0.396 e. The molecule has 2 aromatic heterocycles. The highest BCUT2D eigenvalue weighted by molar-refractivity contribution is 5.82. The minimum atomic E-state index is -0.0906. The van der Waals surface area contributed by atoms with Crippen LogP contribution in [-0.4, -0.2) is 48.3 Å². The summed E-state index contributed by atoms with van der Waals surface area (Å²) in [4.78, 5) is 18.0. The van der Waals surface area contributed by atoms with Crippen molar-refractivity contribution >= 4 is 10.9 Å². The lowest BCUT2D eigenvalue weighted by atomic mass is 10.1. The van der Waals surface area contributed by atoms with E-state index in [4.69, 9.17) is 0 Å². The van der Waals surface area contributed by atoms with Gasteiger partial charge in [-0.2, -0.15) is 0 Å². The fraction of sp³-hybridized carbons (Fsp3) is 0.360. The lowest BCUT2D eigenvalue weighted by Gasteiger charge is -2.21. The van der Waals surface area contributed by atoms with E-state index in [0.717, 1.165) is 34.3 Å². The largest absolute Gasteiger partial charge is 0.396 e. The Hall–Kier alpha value is -3.36. The van der Waals surface area contributed by atoms with Crippen molar-refractivity contribution in [2.45, 2.75) is 46.3 Å². The Kier molecular flexibility index (Phi) is 7.26. The molecule has 0 spiro atoms. The molecule has 2 N–H and O–H groups in total. The number of nitrogens with zero attached hydrogens (tertiary/aromatic N) is 5. The van der Waals surface area contributed by atoms with Crippen LogP contribution in [-0.2, 0) is 26.1 Å². The van der Waals surface area contributed by atoms with E-state index in [1.807, 2.05) is 35.9 Å². The van der Waals surface area contributed by atoms with E-state index in [-0.39, 0.29) is 12.2 Å². The summed E-state index contributed by atoms with van der Waals surface area (Å²) in [7, 11) is 0. The Morgan fingerprint density at radius 2 is 1.91 bits per heavy atom. The first kappa shape index (κ1) is 22.8. The van der Waals surface area contributed by atoms with Crippen molar-refractivity contribution in [1.82, 2.24) is 30.1 Å². The molecule has 0 aliphatic heterocycles. The first-order valence-corrected chi connectivity index (χ1v) is 11.3. The third-order valence-electron chi connectivity index (χ3n) is 5.82. The van der Waals surface area contributed by atoms with Gasteiger partial charge in [-0.25, -0.2) is 4.68 Å². The number of benzene rings is 2. The van der Waals surface area contributed by atoms with Gasteiger partial charge in [0.1, 0.15) is 0 Å². The predicted molar refractivity (Wildman–Crippen MR) is 128 cm³/mol. The van der Waals surface area contributed by atoms with Gasteiger partial charge in [0.25, 0.3) is 5.56 Å². The molecule has 0 saturated heterocycles. The summed E-state index contributed by atoms with van der Waals surface area (Å²) in [5.41, 5.74) is 4.92. The number of tetrazole rings is 1. The molecule has 4 aromatic rings. The molecule has 8 heteroatoms. The topological polar surface area (TPSA) is 99.9 Å². The van der Waals surface area contributed by atoms with Crippen LogP contribution in [0.3, 0.4) is 0 Å². The zero-order valence-electron chi connectivity index (χ0n) is 19.2. The summed E-state index contributed by atoms with van der Waals surface area (Å²) in [6.07, 6.45) is 1.44. The van der Waals surface area contributed by atoms with Gasteiger partial charge in [0.05, 0.1) is 12.1 Å². The van der Waals surface area contributed by atoms with Crippen LogP contribution in [0.15, 0.2) is 53.3 Å². The van der Waals surface area contributed by atoms with Crippen molar-refractivity contribution in [1.29, 1.82) is 0 Å². The number of aromatic nitrogens is 5. The van der Waals surface area contributed by atoms with Crippen molar-refractivity contribution < 1.29 is 5.11 Å². The third kappa shape index (κ3) is 5.71. The van der Waals surface area contributed by atoms with Gasteiger partial charge < -0.3 is 10.1 Å². The maximum absolute atomic E-state index is 12.8. The number of pyridine rings is 1. The second kappa shape index (κ2) is 10.5. The van der Waals surface area contributed by atoms with E-state index >= 15 is 0 Å². The summed E-state index contributed by atoms with van der Waals surface area (Å²) in [6.45, 7) is 6.40. The summed E-state index contributed by atoms with van der Waals surface area (Å²) in [5.74, 6) is 0.743. The van der Waals surface area contributed by atoms with Gasteiger partial charge in [-0.15, -0.1) is 5.10 Å². The normalized spacial score (nSPS) is 11.5. The Morgan fingerprint density at radius 3 is 2.70 bits per heavy atom. The molecule has 0 fully saturated rings. The Bertz CT molecular complexity index is 1270. The van der Waals surface area contributed by atoms with E-state index in [1.54, 1.807) is 0 Å². The van der Waals surface area contributed by atoms with Gasteiger partial charge in [0.2, 0.25) is 0 Å². The quantitative estimate of drug-likeness (QED) is 0.389. The molecule has 33 heavy (non-hydrogen) atoms. The first-order valence-electron chi connectivity index (χ1n) is 11.3. The van der Waals surface area contributed by atoms with Crippen molar-refractivity contribution in [3.8, 4) is 0 Å². The second-order valence-electron chi connectivity index (χ2n) is 8.51. The molecule has 0 bridgehead atoms. The van der Waals surface area contributed by atoms with Crippen LogP contribution in [0.4, 0.5) is 0 Å². The molecule has 0 aliphatic carbocycles. The number of rotatable bonds is 10. The zero-order chi connectivity index (χ0) is 23.2. The van der Waals surface area contributed by atoms with Crippen LogP contribution in [0.2, 0.25) is 0 Å². The van der Waals surface area contributed by atoms with Gasteiger partial charge >= 0.3 is 0 Å². The molecular weight excluding hydrogens is 416 g/mol. The molecule has 172 valence electrons. The maximum atomic E-state index is 12.8. The fourth-order valence-corrected chi connectivity index (χ4v) is 4.19. The molecule has 2 heterocycles. The number of nitrogens with one attached hydrogen (secondary N) is 1. The minimum absolute atomic E-state index is 0.0852. The monoisotopic (exact) mass is 446 g/mol. The number of fused-ring (bicyclic) bond motifs is 1. The summed E-state index contributed by atoms with van der Waals surface area (Å²) >= 11 is 0. The Morgan fingerprint density at radius 1 is 1.09 bits per heavy atom. The molecule has 8 nitrogen and oxygen atoms in total. The maximum Gasteiger partial charge on any atom is 0.252 e. The van der Waals surface area contributed by atoms with Crippen LogP contribution in [0.5, 0.6) is 0 Å². The van der Waals surface area contributed by atoms with Crippen LogP contribution >= 0.6 is 0 Å². The highest BCUT2D eigenvalue weighted by Crippen LogP contribution is 2.19. The van der Waals surface area contributed by atoms with Gasteiger partial charge in [0.15, 0.2) is 5.82 Å². The average molecular weight is 447 g/mol. The Labute approximate surface area is 192 Å². The highest BCUT2D eigenvalue weighted by Gasteiger charge is 2.15. The number of aliphatic hydroxyl groups excluding tert-OH is 1. The van der Waals surface area contributed by atoms with Crippen LogP contribution in [0.1, 0.15) is 34.5 Å². The first-order chi connectivity index (χ1) is 16.0. The molecule has 0 radical (unpaired) electrons. The number of aromatic amines is 1. The summed E-state index contributed by atoms with van der Waals surface area (Å²) in [5, 5.41) is 22.7. The zero-order valence-corrected chi connectivity index (χ0v) is 19.2. The third-order valence-corrected chi connectivity index (χ3v) is 5.82. The molecule has 4 rings (SSSR count). The highest BCUT2D eigenvalue weighted by atomic mass is 16.3. The van der Waals surface area contributed by atoms with E-state index in [9.17, 15) is 9.90 Å². The molecule has 0 amide bonds. The average Bonchev–Trinajstić information content (AvgIpc) is 3.24. The molecular formula is C25H30N6O2. The number of hydrogen-bond acceptors (Lipinski definition) is 6. The summed E-state index contributed by atoms with van der Waals surface area (Å²) in [6, 6.07) is 16.4. The smallest absolute Gasteiger partial charge is 0.252 e. The van der Waals surface area contributed by atoms with E-state index < -0.39 is 0 Å². The number of hydrogen-bond donors (Lipinski definition) is 2. The van der Waals surface area contributed by atoms with Crippen molar-refractivity contribution in [3.63, 3.8) is 0 Å². The summed E-state index contributed by atoms with van der Waals surface area (Å²) < 4.78 is 1.82. The van der Waals surface area contributed by atoms with E-state index in [2.05, 4.69) is 56.6 Å². The molecule has 2 aromatic carbocycles. The lowest BCUT2D eigenvalue weighted by Crippen LogP contribution is -2.29. The van der Waals surface area contributed by atoms with Gasteiger partial charge in [-0.3, -0.25) is 9.69 Å². The van der Waals surface area contributed by atoms with Gasteiger partial charge in [-0.1, -0.05) is 42.0 Å². The fourth-order valence-electron chi connectivity index (χ4n) is 4.19. The lowest BCUT2D eigenvalue weighted by molar-refractivity contribution is 0.206. The van der Waals surface area contributed by atoms with Gasteiger partial charge in [-0.05, 0) is 65.8 Å². The van der Waals surface area contributed by atoms with Crippen LogP contribution < -0.4 is 5.56 Å². The molecule has 0 saturated carbocycles.